The summed E-state index contributed by atoms with van der Waals surface area (Å²) in [5.74, 6) is -2.24. The number of nitrogens with zero attached hydrogens (tertiary/aromatic N) is 4. The first-order valence-electron chi connectivity index (χ1n) is 11.4. The SMILES string of the molecule is CC(NC(=O)c1cnc(C#N)c(-c2cc(F)cc(F)c2)c1N1CC[C@](C)(OC(N)=O)C1)c1ccccn1. The van der Waals surface area contributed by atoms with Crippen molar-refractivity contribution in [2.75, 3.05) is 18.0 Å². The van der Waals surface area contributed by atoms with Gasteiger partial charge in [0.25, 0.3) is 5.91 Å². The zero-order chi connectivity index (χ0) is 26.7. The number of hydrogen-bond acceptors (Lipinski definition) is 7. The summed E-state index contributed by atoms with van der Waals surface area (Å²) in [6.07, 6.45) is 2.26. The second-order valence-electron chi connectivity index (χ2n) is 9.01. The first kappa shape index (κ1) is 25.5. The predicted octanol–water partition coefficient (Wildman–Crippen LogP) is 3.85. The zero-order valence-electron chi connectivity index (χ0n) is 20.2. The van der Waals surface area contributed by atoms with Gasteiger partial charge in [-0.1, -0.05) is 6.07 Å². The number of anilines is 1. The normalized spacial score (nSPS) is 17.6. The maximum Gasteiger partial charge on any atom is 0.405 e. The third-order valence-electron chi connectivity index (χ3n) is 6.13. The molecule has 1 saturated heterocycles. The lowest BCUT2D eigenvalue weighted by Gasteiger charge is -2.28. The topological polar surface area (TPSA) is 134 Å². The number of nitrogens with one attached hydrogen (secondary N) is 1. The van der Waals surface area contributed by atoms with Crippen LogP contribution in [0.2, 0.25) is 0 Å². The quantitative estimate of drug-likeness (QED) is 0.519. The van der Waals surface area contributed by atoms with Crippen molar-refractivity contribution in [3.8, 4) is 17.2 Å². The van der Waals surface area contributed by atoms with Crippen molar-refractivity contribution in [1.29, 1.82) is 5.26 Å². The molecule has 37 heavy (non-hydrogen) atoms. The minimum Gasteiger partial charge on any atom is -0.441 e. The minimum atomic E-state index is -0.985. The number of aromatic nitrogens is 2. The highest BCUT2D eigenvalue weighted by Crippen LogP contribution is 2.40. The molecule has 0 spiro atoms. The summed E-state index contributed by atoms with van der Waals surface area (Å²) in [5.41, 5.74) is 5.18. The number of hydrogen-bond donors (Lipinski definition) is 2. The van der Waals surface area contributed by atoms with Gasteiger partial charge in [0.05, 0.1) is 29.5 Å². The summed E-state index contributed by atoms with van der Waals surface area (Å²) in [5, 5.41) is 12.7. The number of rotatable bonds is 6. The molecule has 0 aliphatic carbocycles. The monoisotopic (exact) mass is 506 g/mol. The summed E-state index contributed by atoms with van der Waals surface area (Å²) in [7, 11) is 0. The van der Waals surface area contributed by atoms with Crippen LogP contribution in [0.4, 0.5) is 19.3 Å². The maximum atomic E-state index is 14.2. The third-order valence-corrected chi connectivity index (χ3v) is 6.13. The van der Waals surface area contributed by atoms with E-state index in [0.717, 1.165) is 12.1 Å². The van der Waals surface area contributed by atoms with E-state index in [4.69, 9.17) is 10.5 Å². The highest BCUT2D eigenvalue weighted by atomic mass is 19.1. The molecule has 4 rings (SSSR count). The molecule has 1 fully saturated rings. The molecule has 190 valence electrons. The molecule has 0 bridgehead atoms. The Labute approximate surface area is 211 Å². The Hall–Kier alpha value is -4.59. The average Bonchev–Trinajstić information content (AvgIpc) is 3.23. The number of pyridine rings is 2. The number of ether oxygens (including phenoxy) is 1. The molecular weight excluding hydrogens is 482 g/mol. The average molecular weight is 507 g/mol. The van der Waals surface area contributed by atoms with Gasteiger partial charge < -0.3 is 20.7 Å². The summed E-state index contributed by atoms with van der Waals surface area (Å²) >= 11 is 0. The Morgan fingerprint density at radius 1 is 1.24 bits per heavy atom. The fourth-order valence-electron chi connectivity index (χ4n) is 4.48. The van der Waals surface area contributed by atoms with Crippen molar-refractivity contribution >= 4 is 17.7 Å². The van der Waals surface area contributed by atoms with Crippen LogP contribution in [0.25, 0.3) is 11.1 Å². The number of primary amides is 1. The number of amides is 2. The molecule has 2 atom stereocenters. The molecule has 0 radical (unpaired) electrons. The van der Waals surface area contributed by atoms with E-state index in [1.54, 1.807) is 43.1 Å². The fraction of sp³-hybridized carbons (Fsp3) is 0.269. The van der Waals surface area contributed by atoms with Crippen molar-refractivity contribution in [2.45, 2.75) is 31.9 Å². The molecule has 2 amide bonds. The summed E-state index contributed by atoms with van der Waals surface area (Å²) in [6, 6.07) is 9.63. The van der Waals surface area contributed by atoms with Crippen molar-refractivity contribution in [1.82, 2.24) is 15.3 Å². The van der Waals surface area contributed by atoms with Crippen LogP contribution >= 0.6 is 0 Å². The zero-order valence-corrected chi connectivity index (χ0v) is 20.2. The Morgan fingerprint density at radius 2 is 1.97 bits per heavy atom. The lowest BCUT2D eigenvalue weighted by atomic mass is 9.97. The van der Waals surface area contributed by atoms with Crippen LogP contribution in [0, 0.1) is 23.0 Å². The van der Waals surface area contributed by atoms with Crippen LogP contribution in [-0.4, -0.2) is 40.7 Å². The Kier molecular flexibility index (Phi) is 7.02. The van der Waals surface area contributed by atoms with Crippen molar-refractivity contribution in [2.24, 2.45) is 5.73 Å². The standard InChI is InChI=1S/C26H24F2N6O3/c1-15(20-5-3-4-7-31-20)33-24(35)19-13-32-21(12-29)22(16-9-17(27)11-18(28)10-16)23(19)34-8-6-26(2,14-34)37-25(30)36/h3-5,7,9-11,13,15H,6,8,14H2,1-2H3,(H2,30,36)(H,33,35)/t15?,26-/m0/s1. The lowest BCUT2D eigenvalue weighted by molar-refractivity contribution is 0.0480. The molecular formula is C26H24F2N6O3. The second kappa shape index (κ2) is 10.2. The fourth-order valence-corrected chi connectivity index (χ4v) is 4.48. The number of benzene rings is 1. The largest absolute Gasteiger partial charge is 0.441 e. The molecule has 11 heteroatoms. The Bertz CT molecular complexity index is 1370. The van der Waals surface area contributed by atoms with E-state index in [2.05, 4.69) is 15.3 Å². The van der Waals surface area contributed by atoms with Crippen LogP contribution < -0.4 is 16.0 Å². The third kappa shape index (κ3) is 5.48. The minimum absolute atomic E-state index is 0.0356. The van der Waals surface area contributed by atoms with Gasteiger partial charge in [0.15, 0.2) is 0 Å². The molecule has 3 aromatic rings. The van der Waals surface area contributed by atoms with Crippen molar-refractivity contribution in [3.63, 3.8) is 0 Å². The smallest absolute Gasteiger partial charge is 0.405 e. The van der Waals surface area contributed by atoms with Gasteiger partial charge >= 0.3 is 6.09 Å². The van der Waals surface area contributed by atoms with Gasteiger partial charge in [-0.15, -0.1) is 0 Å². The summed E-state index contributed by atoms with van der Waals surface area (Å²) in [4.78, 5) is 35.1. The van der Waals surface area contributed by atoms with Crippen LogP contribution in [-0.2, 0) is 4.74 Å². The number of carbonyl (C=O) groups excluding carboxylic acids is 2. The lowest BCUT2D eigenvalue weighted by Crippen LogP contribution is -2.38. The molecule has 1 aromatic carbocycles. The molecule has 2 aromatic heterocycles. The summed E-state index contributed by atoms with van der Waals surface area (Å²) in [6.45, 7) is 3.87. The Morgan fingerprint density at radius 3 is 2.59 bits per heavy atom. The number of nitrogens with two attached hydrogens (primary N) is 1. The van der Waals surface area contributed by atoms with E-state index >= 15 is 0 Å². The molecule has 9 nitrogen and oxygen atoms in total. The van der Waals surface area contributed by atoms with E-state index < -0.39 is 35.3 Å². The number of halogens is 2. The van der Waals surface area contributed by atoms with Crippen LogP contribution in [0.3, 0.4) is 0 Å². The van der Waals surface area contributed by atoms with E-state index in [0.29, 0.717) is 24.7 Å². The van der Waals surface area contributed by atoms with E-state index in [1.807, 2.05) is 6.07 Å². The van der Waals surface area contributed by atoms with Crippen LogP contribution in [0.1, 0.15) is 48.1 Å². The first-order chi connectivity index (χ1) is 17.6. The molecule has 3 N–H and O–H groups in total. The highest BCUT2D eigenvalue weighted by Gasteiger charge is 2.40. The molecule has 1 aliphatic rings. The molecule has 0 saturated carbocycles. The predicted molar refractivity (Wildman–Crippen MR) is 130 cm³/mol. The van der Waals surface area contributed by atoms with Gasteiger partial charge in [-0.3, -0.25) is 9.78 Å². The van der Waals surface area contributed by atoms with Gasteiger partial charge in [-0.05, 0) is 43.7 Å². The van der Waals surface area contributed by atoms with Gasteiger partial charge in [0.1, 0.15) is 29.0 Å². The van der Waals surface area contributed by atoms with Crippen LogP contribution in [0.15, 0.2) is 48.8 Å². The number of carbonyl (C=O) groups is 2. The van der Waals surface area contributed by atoms with Gasteiger partial charge in [-0.25, -0.2) is 18.6 Å². The highest BCUT2D eigenvalue weighted by molar-refractivity contribution is 6.04. The van der Waals surface area contributed by atoms with Crippen LogP contribution in [0.5, 0.6) is 0 Å². The Balaban J connectivity index is 1.85. The number of nitriles is 1. The molecule has 3 heterocycles. The van der Waals surface area contributed by atoms with Crippen molar-refractivity contribution < 1.29 is 23.1 Å². The summed E-state index contributed by atoms with van der Waals surface area (Å²) < 4.78 is 33.8. The van der Waals surface area contributed by atoms with E-state index in [1.165, 1.54) is 6.20 Å². The second-order valence-corrected chi connectivity index (χ2v) is 9.01. The molecule has 1 unspecified atom stereocenters. The van der Waals surface area contributed by atoms with Crippen molar-refractivity contribution in [3.05, 3.63) is 77.4 Å². The van der Waals surface area contributed by atoms with Gasteiger partial charge in [-0.2, -0.15) is 5.26 Å². The first-order valence-corrected chi connectivity index (χ1v) is 11.4. The van der Waals surface area contributed by atoms with Gasteiger partial charge in [0.2, 0.25) is 0 Å². The maximum absolute atomic E-state index is 14.2. The van der Waals surface area contributed by atoms with E-state index in [9.17, 15) is 23.6 Å². The van der Waals surface area contributed by atoms with Gasteiger partial charge in [0, 0.05) is 37.0 Å². The van der Waals surface area contributed by atoms with E-state index in [-0.39, 0.29) is 34.6 Å². The molecule has 1 aliphatic heterocycles.